The molecule has 1 heterocycles. The second kappa shape index (κ2) is 10.5. The van der Waals surface area contributed by atoms with Crippen LogP contribution in [0.15, 0.2) is 85.1 Å². The summed E-state index contributed by atoms with van der Waals surface area (Å²) in [5.74, 6) is -0.895. The third-order valence-electron chi connectivity index (χ3n) is 4.88. The molecule has 0 saturated heterocycles. The van der Waals surface area contributed by atoms with Gasteiger partial charge < -0.3 is 10.1 Å². The molecule has 0 saturated carbocycles. The summed E-state index contributed by atoms with van der Waals surface area (Å²) < 4.78 is 58.4. The molecule has 0 aliphatic heterocycles. The van der Waals surface area contributed by atoms with E-state index in [0.29, 0.717) is 28.2 Å². The maximum atomic E-state index is 13.8. The van der Waals surface area contributed by atoms with E-state index in [1.807, 2.05) is 0 Å². The van der Waals surface area contributed by atoms with E-state index in [4.69, 9.17) is 4.74 Å². The van der Waals surface area contributed by atoms with Crippen molar-refractivity contribution in [2.75, 3.05) is 16.3 Å². The molecule has 184 valence electrons. The van der Waals surface area contributed by atoms with Crippen LogP contribution in [0.3, 0.4) is 0 Å². The summed E-state index contributed by atoms with van der Waals surface area (Å²) in [6.45, 7) is 0. The van der Waals surface area contributed by atoms with Crippen molar-refractivity contribution in [2.24, 2.45) is 0 Å². The molecule has 4 rings (SSSR count). The van der Waals surface area contributed by atoms with Crippen LogP contribution in [0, 0.1) is 11.6 Å². The van der Waals surface area contributed by atoms with Crippen LogP contribution in [0.5, 0.6) is 11.5 Å². The summed E-state index contributed by atoms with van der Waals surface area (Å²) in [6.07, 6.45) is 2.48. The third-order valence-corrected chi connectivity index (χ3v) is 5.49. The van der Waals surface area contributed by atoms with Gasteiger partial charge in [0.05, 0.1) is 24.6 Å². The van der Waals surface area contributed by atoms with Gasteiger partial charge in [-0.3, -0.25) is 14.5 Å². The number of rotatable bonds is 8. The number of carbonyl (C=O) groups is 1. The van der Waals surface area contributed by atoms with Crippen molar-refractivity contribution in [2.45, 2.75) is 6.42 Å². The number of sulfonamides is 1. The summed E-state index contributed by atoms with van der Waals surface area (Å²) in [6, 6.07) is 19.2. The number of anilines is 2. The fourth-order valence-electron chi connectivity index (χ4n) is 3.40. The number of pyridine rings is 1. The Hall–Kier alpha value is -4.31. The van der Waals surface area contributed by atoms with E-state index in [1.165, 1.54) is 48.7 Å². The maximum Gasteiger partial charge on any atom is 0.229 e. The number of benzene rings is 3. The molecule has 0 aliphatic carbocycles. The molecular formula is C26H21F2N3O4S. The number of ether oxygens (including phenoxy) is 1. The molecule has 3 aromatic carbocycles. The summed E-state index contributed by atoms with van der Waals surface area (Å²) >= 11 is 0. The maximum absolute atomic E-state index is 13.8. The van der Waals surface area contributed by atoms with Crippen LogP contribution in [0.2, 0.25) is 0 Å². The van der Waals surface area contributed by atoms with E-state index in [9.17, 15) is 22.0 Å². The van der Waals surface area contributed by atoms with Crippen molar-refractivity contribution in [3.05, 3.63) is 102 Å². The van der Waals surface area contributed by atoms with E-state index in [2.05, 4.69) is 15.0 Å². The number of nitrogens with zero attached hydrogens (tertiary/aromatic N) is 1. The van der Waals surface area contributed by atoms with Crippen LogP contribution in [0.4, 0.5) is 20.2 Å². The van der Waals surface area contributed by atoms with Crippen molar-refractivity contribution in [3.8, 4) is 22.8 Å². The van der Waals surface area contributed by atoms with Crippen LogP contribution in [-0.4, -0.2) is 25.6 Å². The lowest BCUT2D eigenvalue weighted by molar-refractivity contribution is -0.115. The number of aromatic nitrogens is 1. The third kappa shape index (κ3) is 6.86. The zero-order valence-electron chi connectivity index (χ0n) is 19.0. The van der Waals surface area contributed by atoms with E-state index in [0.717, 1.165) is 6.26 Å². The van der Waals surface area contributed by atoms with Crippen LogP contribution >= 0.6 is 0 Å². The molecule has 0 radical (unpaired) electrons. The molecule has 10 heteroatoms. The minimum atomic E-state index is -3.40. The summed E-state index contributed by atoms with van der Waals surface area (Å²) in [4.78, 5) is 17.0. The smallest absolute Gasteiger partial charge is 0.229 e. The van der Waals surface area contributed by atoms with Crippen LogP contribution in [0.1, 0.15) is 5.56 Å². The zero-order chi connectivity index (χ0) is 25.7. The topological polar surface area (TPSA) is 97.4 Å². The quantitative estimate of drug-likeness (QED) is 0.333. The van der Waals surface area contributed by atoms with Gasteiger partial charge in [0.15, 0.2) is 5.75 Å². The SMILES string of the molecule is CS(=O)(=O)Nc1ccc(CC(=O)Nc2cnc(-c3cccc(F)c3)c(Oc3cccc(F)c3)c2)cc1. The number of amides is 1. The van der Waals surface area contributed by atoms with Crippen molar-refractivity contribution < 1.29 is 26.7 Å². The highest BCUT2D eigenvalue weighted by molar-refractivity contribution is 7.92. The number of hydrogen-bond donors (Lipinski definition) is 2. The lowest BCUT2D eigenvalue weighted by Gasteiger charge is -2.13. The first kappa shape index (κ1) is 24.8. The fraction of sp³-hybridized carbons (Fsp3) is 0.0769. The van der Waals surface area contributed by atoms with Crippen molar-refractivity contribution in [1.82, 2.24) is 4.98 Å². The second-order valence-corrected chi connectivity index (χ2v) is 9.69. The molecule has 4 aromatic rings. The van der Waals surface area contributed by atoms with Gasteiger partial charge in [-0.2, -0.15) is 0 Å². The Bertz CT molecular complexity index is 1510. The van der Waals surface area contributed by atoms with Crippen molar-refractivity contribution >= 4 is 27.3 Å². The molecule has 1 amide bonds. The highest BCUT2D eigenvalue weighted by Crippen LogP contribution is 2.34. The second-order valence-electron chi connectivity index (χ2n) is 7.94. The average Bonchev–Trinajstić information content (AvgIpc) is 2.80. The Labute approximate surface area is 206 Å². The van der Waals surface area contributed by atoms with E-state index in [1.54, 1.807) is 36.4 Å². The van der Waals surface area contributed by atoms with E-state index >= 15 is 0 Å². The van der Waals surface area contributed by atoms with Gasteiger partial charge in [0.25, 0.3) is 0 Å². The molecule has 0 aliphatic rings. The Morgan fingerprint density at radius 1 is 0.917 bits per heavy atom. The van der Waals surface area contributed by atoms with Gasteiger partial charge in [-0.1, -0.05) is 30.3 Å². The minimum Gasteiger partial charge on any atom is -0.455 e. The van der Waals surface area contributed by atoms with Crippen molar-refractivity contribution in [3.63, 3.8) is 0 Å². The largest absolute Gasteiger partial charge is 0.455 e. The first-order valence-electron chi connectivity index (χ1n) is 10.7. The molecule has 2 N–H and O–H groups in total. The molecule has 7 nitrogen and oxygen atoms in total. The Balaban J connectivity index is 1.55. The highest BCUT2D eigenvalue weighted by atomic mass is 32.2. The molecular weight excluding hydrogens is 488 g/mol. The minimum absolute atomic E-state index is 0.0187. The van der Waals surface area contributed by atoms with Crippen molar-refractivity contribution in [1.29, 1.82) is 0 Å². The highest BCUT2D eigenvalue weighted by Gasteiger charge is 2.14. The molecule has 0 atom stereocenters. The number of hydrogen-bond acceptors (Lipinski definition) is 5. The zero-order valence-corrected chi connectivity index (χ0v) is 19.9. The molecule has 36 heavy (non-hydrogen) atoms. The number of halogens is 2. The summed E-state index contributed by atoms with van der Waals surface area (Å²) in [7, 11) is -3.40. The van der Waals surface area contributed by atoms with Gasteiger partial charge in [-0.05, 0) is 42.0 Å². The fourth-order valence-corrected chi connectivity index (χ4v) is 3.96. The first-order chi connectivity index (χ1) is 17.1. The van der Waals surface area contributed by atoms with Gasteiger partial charge in [0.2, 0.25) is 15.9 Å². The normalized spacial score (nSPS) is 11.1. The molecule has 0 spiro atoms. The number of nitrogens with one attached hydrogen (secondary N) is 2. The van der Waals surface area contributed by atoms with E-state index < -0.39 is 21.7 Å². The molecule has 1 aromatic heterocycles. The Morgan fingerprint density at radius 3 is 2.28 bits per heavy atom. The summed E-state index contributed by atoms with van der Waals surface area (Å²) in [5.41, 5.74) is 2.12. The average molecular weight is 510 g/mol. The lowest BCUT2D eigenvalue weighted by Crippen LogP contribution is -2.15. The van der Waals surface area contributed by atoms with Crippen LogP contribution in [-0.2, 0) is 21.2 Å². The van der Waals surface area contributed by atoms with Gasteiger partial charge in [-0.15, -0.1) is 0 Å². The van der Waals surface area contributed by atoms with Gasteiger partial charge in [0.1, 0.15) is 23.1 Å². The lowest BCUT2D eigenvalue weighted by atomic mass is 10.1. The monoisotopic (exact) mass is 509 g/mol. The summed E-state index contributed by atoms with van der Waals surface area (Å²) in [5, 5.41) is 2.73. The van der Waals surface area contributed by atoms with E-state index in [-0.39, 0.29) is 23.8 Å². The van der Waals surface area contributed by atoms with Crippen LogP contribution < -0.4 is 14.8 Å². The first-order valence-corrected chi connectivity index (χ1v) is 12.6. The molecule has 0 fully saturated rings. The predicted octanol–water partition coefficient (Wildman–Crippen LogP) is 5.37. The number of carbonyl (C=O) groups excluding carboxylic acids is 1. The molecule has 0 bridgehead atoms. The Morgan fingerprint density at radius 2 is 1.61 bits per heavy atom. The van der Waals surface area contributed by atoms with Gasteiger partial charge in [-0.25, -0.2) is 17.2 Å². The Kier molecular flexibility index (Phi) is 7.25. The van der Waals surface area contributed by atoms with Crippen LogP contribution in [0.25, 0.3) is 11.3 Å². The van der Waals surface area contributed by atoms with Gasteiger partial charge in [0, 0.05) is 23.4 Å². The predicted molar refractivity (Wildman–Crippen MR) is 133 cm³/mol. The standard InChI is InChI=1S/C26H21F2N3O4S/c1-36(33,34)31-21-10-8-17(9-11-21)12-25(32)30-22-15-24(35-23-7-3-6-20(28)14-23)26(29-16-22)18-4-2-5-19(27)13-18/h2-11,13-16,31H,12H2,1H3,(H,30,32). The molecule has 0 unspecified atom stereocenters. The van der Waals surface area contributed by atoms with Gasteiger partial charge >= 0.3 is 0 Å².